The van der Waals surface area contributed by atoms with Gasteiger partial charge in [-0.25, -0.2) is 4.79 Å². The van der Waals surface area contributed by atoms with Crippen LogP contribution in [0.3, 0.4) is 0 Å². The van der Waals surface area contributed by atoms with Crippen molar-refractivity contribution in [1.29, 1.82) is 0 Å². The second-order valence-electron chi connectivity index (χ2n) is 4.26. The molecule has 4 N–H and O–H groups in total. The Labute approximate surface area is 126 Å². The molecule has 6 heteroatoms. The Hall–Kier alpha value is -2.47. The summed E-state index contributed by atoms with van der Waals surface area (Å²) in [6.07, 6.45) is 0. The van der Waals surface area contributed by atoms with Crippen molar-refractivity contribution in [2.45, 2.75) is 4.90 Å². The van der Waals surface area contributed by atoms with Gasteiger partial charge in [0, 0.05) is 10.6 Å². The highest BCUT2D eigenvalue weighted by atomic mass is 32.2. The summed E-state index contributed by atoms with van der Waals surface area (Å²) >= 11 is 1.38. The molecular weight excluding hydrogens is 288 g/mol. The Morgan fingerprint density at radius 2 is 1.86 bits per heavy atom. The zero-order chi connectivity index (χ0) is 15.2. The van der Waals surface area contributed by atoms with Gasteiger partial charge in [0.1, 0.15) is 0 Å². The molecule has 2 aromatic rings. The number of carbonyl (C=O) groups is 2. The fourth-order valence-corrected chi connectivity index (χ4v) is 2.42. The van der Waals surface area contributed by atoms with Gasteiger partial charge in [-0.3, -0.25) is 4.79 Å². The lowest BCUT2D eigenvalue weighted by Crippen LogP contribution is -2.16. The van der Waals surface area contributed by atoms with Crippen LogP contribution in [0.1, 0.15) is 10.4 Å². The van der Waals surface area contributed by atoms with Crippen molar-refractivity contribution in [3.63, 3.8) is 0 Å². The molecule has 0 aliphatic carbocycles. The van der Waals surface area contributed by atoms with E-state index in [0.717, 1.165) is 4.90 Å². The highest BCUT2D eigenvalue weighted by molar-refractivity contribution is 8.00. The lowest BCUT2D eigenvalue weighted by atomic mass is 10.1. The molecule has 5 nitrogen and oxygen atoms in total. The third kappa shape index (κ3) is 4.25. The van der Waals surface area contributed by atoms with Crippen LogP contribution in [0, 0.1) is 0 Å². The van der Waals surface area contributed by atoms with E-state index in [1.165, 1.54) is 30.0 Å². The molecule has 2 aromatic carbocycles. The topological polar surface area (TPSA) is 92.4 Å². The van der Waals surface area contributed by atoms with Crippen LogP contribution in [-0.4, -0.2) is 22.7 Å². The van der Waals surface area contributed by atoms with Crippen LogP contribution in [-0.2, 0) is 4.79 Å². The quantitative estimate of drug-likeness (QED) is 0.583. The molecule has 0 bridgehead atoms. The first-order valence-corrected chi connectivity index (χ1v) is 7.15. The molecule has 0 heterocycles. The minimum atomic E-state index is -1.11. The molecule has 2 rings (SSSR count). The standard InChI is InChI=1S/C15H14N2O3S/c16-10-6-7-12(15(19)20)13(8-10)17-14(18)9-21-11-4-2-1-3-5-11/h1-8H,9,16H2,(H,17,18)(H,19,20). The van der Waals surface area contributed by atoms with Crippen LogP contribution in [0.25, 0.3) is 0 Å². The number of nitrogen functional groups attached to an aromatic ring is 1. The summed E-state index contributed by atoms with van der Waals surface area (Å²) in [5.41, 5.74) is 6.24. The van der Waals surface area contributed by atoms with Gasteiger partial charge in [0.2, 0.25) is 5.91 Å². The van der Waals surface area contributed by atoms with Crippen molar-refractivity contribution in [3.8, 4) is 0 Å². The molecule has 1 amide bonds. The Morgan fingerprint density at radius 1 is 1.14 bits per heavy atom. The molecule has 0 aromatic heterocycles. The van der Waals surface area contributed by atoms with E-state index in [2.05, 4.69) is 5.32 Å². The van der Waals surface area contributed by atoms with Crippen LogP contribution in [0.4, 0.5) is 11.4 Å². The van der Waals surface area contributed by atoms with Gasteiger partial charge in [0.25, 0.3) is 0 Å². The normalized spacial score (nSPS) is 10.1. The smallest absolute Gasteiger partial charge is 0.337 e. The van der Waals surface area contributed by atoms with Crippen molar-refractivity contribution >= 4 is 35.0 Å². The lowest BCUT2D eigenvalue weighted by Gasteiger charge is -2.09. The molecule has 0 fully saturated rings. The monoisotopic (exact) mass is 302 g/mol. The number of carboxylic acids is 1. The van der Waals surface area contributed by atoms with E-state index in [0.29, 0.717) is 5.69 Å². The van der Waals surface area contributed by atoms with E-state index in [1.807, 2.05) is 30.3 Å². The van der Waals surface area contributed by atoms with Gasteiger partial charge in [0.15, 0.2) is 0 Å². The van der Waals surface area contributed by atoms with E-state index < -0.39 is 5.97 Å². The predicted octanol–water partition coefficient (Wildman–Crippen LogP) is 2.70. The van der Waals surface area contributed by atoms with Crippen molar-refractivity contribution in [1.82, 2.24) is 0 Å². The Balaban J connectivity index is 2.02. The number of nitrogens with two attached hydrogens (primary N) is 1. The van der Waals surface area contributed by atoms with Gasteiger partial charge in [0.05, 0.1) is 17.0 Å². The van der Waals surface area contributed by atoms with Crippen molar-refractivity contribution in [2.24, 2.45) is 0 Å². The van der Waals surface area contributed by atoms with Crippen molar-refractivity contribution in [2.75, 3.05) is 16.8 Å². The second kappa shape index (κ2) is 6.81. The van der Waals surface area contributed by atoms with Crippen LogP contribution >= 0.6 is 11.8 Å². The minimum absolute atomic E-state index is 0.0160. The summed E-state index contributed by atoms with van der Waals surface area (Å²) in [5, 5.41) is 11.7. The van der Waals surface area contributed by atoms with Crippen LogP contribution < -0.4 is 11.1 Å². The van der Waals surface area contributed by atoms with Gasteiger partial charge in [-0.2, -0.15) is 0 Å². The van der Waals surface area contributed by atoms with E-state index in [4.69, 9.17) is 10.8 Å². The first-order chi connectivity index (χ1) is 10.1. The molecule has 0 unspecified atom stereocenters. The number of aromatic carboxylic acids is 1. The largest absolute Gasteiger partial charge is 0.478 e. The minimum Gasteiger partial charge on any atom is -0.478 e. The number of hydrogen-bond acceptors (Lipinski definition) is 4. The Kier molecular flexibility index (Phi) is 4.84. The molecular formula is C15H14N2O3S. The molecule has 0 aliphatic heterocycles. The molecule has 0 aliphatic rings. The van der Waals surface area contributed by atoms with Gasteiger partial charge in [-0.15, -0.1) is 11.8 Å². The van der Waals surface area contributed by atoms with Gasteiger partial charge >= 0.3 is 5.97 Å². The Morgan fingerprint density at radius 3 is 2.52 bits per heavy atom. The number of carboxylic acid groups (broad SMARTS) is 1. The number of amides is 1. The molecule has 21 heavy (non-hydrogen) atoms. The molecule has 0 saturated heterocycles. The predicted molar refractivity (Wildman–Crippen MR) is 83.6 cm³/mol. The van der Waals surface area contributed by atoms with E-state index in [-0.39, 0.29) is 22.9 Å². The maximum atomic E-state index is 11.9. The van der Waals surface area contributed by atoms with Crippen molar-refractivity contribution in [3.05, 3.63) is 54.1 Å². The fraction of sp³-hybridized carbons (Fsp3) is 0.0667. The summed E-state index contributed by atoms with van der Waals surface area (Å²) in [7, 11) is 0. The number of nitrogens with one attached hydrogen (secondary N) is 1. The summed E-state index contributed by atoms with van der Waals surface area (Å²) in [5.74, 6) is -1.20. The van der Waals surface area contributed by atoms with E-state index >= 15 is 0 Å². The lowest BCUT2D eigenvalue weighted by molar-refractivity contribution is -0.113. The molecule has 0 atom stereocenters. The van der Waals surface area contributed by atoms with Gasteiger partial charge < -0.3 is 16.2 Å². The first-order valence-electron chi connectivity index (χ1n) is 6.17. The summed E-state index contributed by atoms with van der Waals surface area (Å²) in [6.45, 7) is 0. The average molecular weight is 302 g/mol. The number of anilines is 2. The maximum absolute atomic E-state index is 11.9. The highest BCUT2D eigenvalue weighted by Crippen LogP contribution is 2.21. The third-order valence-corrected chi connectivity index (χ3v) is 3.67. The second-order valence-corrected chi connectivity index (χ2v) is 5.31. The fourth-order valence-electron chi connectivity index (χ4n) is 1.70. The van der Waals surface area contributed by atoms with Crippen LogP contribution in [0.5, 0.6) is 0 Å². The molecule has 108 valence electrons. The first kappa shape index (κ1) is 14.9. The number of thioether (sulfide) groups is 1. The average Bonchev–Trinajstić information content (AvgIpc) is 2.46. The Bertz CT molecular complexity index is 659. The number of rotatable bonds is 5. The van der Waals surface area contributed by atoms with Crippen LogP contribution in [0.2, 0.25) is 0 Å². The maximum Gasteiger partial charge on any atom is 0.337 e. The molecule has 0 radical (unpaired) electrons. The van der Waals surface area contributed by atoms with Gasteiger partial charge in [-0.05, 0) is 30.3 Å². The zero-order valence-electron chi connectivity index (χ0n) is 11.1. The highest BCUT2D eigenvalue weighted by Gasteiger charge is 2.13. The number of hydrogen-bond donors (Lipinski definition) is 3. The summed E-state index contributed by atoms with van der Waals surface area (Å²) in [6, 6.07) is 13.8. The zero-order valence-corrected chi connectivity index (χ0v) is 11.9. The number of carbonyl (C=O) groups excluding carboxylic acids is 1. The SMILES string of the molecule is Nc1ccc(C(=O)O)c(NC(=O)CSc2ccccc2)c1. The summed E-state index contributed by atoms with van der Waals surface area (Å²) in [4.78, 5) is 24.0. The molecule has 0 spiro atoms. The molecule has 0 saturated carbocycles. The van der Waals surface area contributed by atoms with E-state index in [9.17, 15) is 9.59 Å². The van der Waals surface area contributed by atoms with E-state index in [1.54, 1.807) is 0 Å². The van der Waals surface area contributed by atoms with Gasteiger partial charge in [-0.1, -0.05) is 18.2 Å². The van der Waals surface area contributed by atoms with Crippen LogP contribution in [0.15, 0.2) is 53.4 Å². The summed E-state index contributed by atoms with van der Waals surface area (Å²) < 4.78 is 0. The number of benzene rings is 2. The third-order valence-electron chi connectivity index (χ3n) is 2.66. The van der Waals surface area contributed by atoms with Crippen molar-refractivity contribution < 1.29 is 14.7 Å².